The number of aryl methyl sites for hydroxylation is 2. The Morgan fingerprint density at radius 2 is 2.00 bits per heavy atom. The third-order valence-corrected chi connectivity index (χ3v) is 2.56. The summed E-state index contributed by atoms with van der Waals surface area (Å²) in [5.74, 6) is 1.43. The van der Waals surface area contributed by atoms with Crippen LogP contribution in [0.1, 0.15) is 24.5 Å². The van der Waals surface area contributed by atoms with Gasteiger partial charge in [-0.2, -0.15) is 0 Å². The third kappa shape index (κ3) is 2.18. The third-order valence-electron chi connectivity index (χ3n) is 2.56. The zero-order chi connectivity index (χ0) is 11.5. The lowest BCUT2D eigenvalue weighted by Crippen LogP contribution is -2.15. The average molecular weight is 220 g/mol. The number of ether oxygens (including phenoxy) is 2. The fraction of sp³-hybridized carbons (Fsp3) is 0.462. The van der Waals surface area contributed by atoms with Crippen LogP contribution in [0.2, 0.25) is 0 Å². The predicted molar refractivity (Wildman–Crippen MR) is 61.2 cm³/mol. The van der Waals surface area contributed by atoms with Crippen LogP contribution in [0.25, 0.3) is 0 Å². The summed E-state index contributed by atoms with van der Waals surface area (Å²) < 4.78 is 11.0. The van der Waals surface area contributed by atoms with E-state index < -0.39 is 0 Å². The molecule has 0 radical (unpaired) electrons. The Morgan fingerprint density at radius 3 is 2.75 bits per heavy atom. The van der Waals surface area contributed by atoms with Gasteiger partial charge in [-0.05, 0) is 30.5 Å². The minimum absolute atomic E-state index is 0.0173. The Labute approximate surface area is 95.4 Å². The van der Waals surface area contributed by atoms with E-state index in [0.29, 0.717) is 5.75 Å². The number of hydrogen-bond acceptors (Lipinski definition) is 3. The quantitative estimate of drug-likeness (QED) is 0.767. The highest BCUT2D eigenvalue weighted by Crippen LogP contribution is 2.34. The van der Waals surface area contributed by atoms with Gasteiger partial charge in [-0.25, -0.2) is 0 Å². The minimum Gasteiger partial charge on any atom is -0.482 e. The Bertz CT molecular complexity index is 410. The van der Waals surface area contributed by atoms with E-state index in [1.807, 2.05) is 13.0 Å². The molecule has 0 spiro atoms. The van der Waals surface area contributed by atoms with Gasteiger partial charge < -0.3 is 9.47 Å². The van der Waals surface area contributed by atoms with E-state index in [4.69, 9.17) is 9.47 Å². The van der Waals surface area contributed by atoms with Gasteiger partial charge in [0.05, 0.1) is 0 Å². The lowest BCUT2D eigenvalue weighted by molar-refractivity contribution is -0.122. The molecule has 1 aromatic rings. The van der Waals surface area contributed by atoms with Crippen molar-refractivity contribution >= 4 is 5.78 Å². The van der Waals surface area contributed by atoms with Crippen molar-refractivity contribution in [2.75, 3.05) is 13.2 Å². The van der Waals surface area contributed by atoms with Crippen molar-refractivity contribution < 1.29 is 14.3 Å². The summed E-state index contributed by atoms with van der Waals surface area (Å²) in [6.45, 7) is 4.38. The van der Waals surface area contributed by atoms with Crippen LogP contribution >= 0.6 is 0 Å². The molecule has 0 fully saturated rings. The molecule has 1 aliphatic rings. The standard InChI is InChI=1S/C13H16O3/c1-3-4-10-5-9(2)6-12-13(10)16-8-11(14)7-15-12/h5-6H,3-4,7-8H2,1-2H3. The van der Waals surface area contributed by atoms with Gasteiger partial charge in [0.2, 0.25) is 5.78 Å². The van der Waals surface area contributed by atoms with Crippen LogP contribution in [-0.4, -0.2) is 19.0 Å². The van der Waals surface area contributed by atoms with Crippen LogP contribution in [0.3, 0.4) is 0 Å². The largest absolute Gasteiger partial charge is 0.482 e. The fourth-order valence-corrected chi connectivity index (χ4v) is 1.89. The molecule has 0 bridgehead atoms. The molecule has 0 amide bonds. The van der Waals surface area contributed by atoms with Crippen LogP contribution in [0.15, 0.2) is 12.1 Å². The topological polar surface area (TPSA) is 35.5 Å². The van der Waals surface area contributed by atoms with E-state index in [9.17, 15) is 4.79 Å². The predicted octanol–water partition coefficient (Wildman–Crippen LogP) is 2.29. The zero-order valence-electron chi connectivity index (χ0n) is 9.71. The SMILES string of the molecule is CCCc1cc(C)cc2c1OCC(=O)CO2. The molecule has 86 valence electrons. The van der Waals surface area contributed by atoms with Crippen molar-refractivity contribution in [2.45, 2.75) is 26.7 Å². The number of carbonyl (C=O) groups excluding carboxylic acids is 1. The maximum Gasteiger partial charge on any atom is 0.207 e. The first-order chi connectivity index (χ1) is 7.70. The molecular weight excluding hydrogens is 204 g/mol. The van der Waals surface area contributed by atoms with E-state index in [1.54, 1.807) is 0 Å². The normalized spacial score (nSPS) is 14.8. The monoisotopic (exact) mass is 220 g/mol. The molecule has 1 aromatic carbocycles. The van der Waals surface area contributed by atoms with Crippen LogP contribution in [0.5, 0.6) is 11.5 Å². The summed E-state index contributed by atoms with van der Waals surface area (Å²) in [5.41, 5.74) is 2.27. The molecule has 0 unspecified atom stereocenters. The number of ketones is 1. The Balaban J connectivity index is 2.40. The maximum atomic E-state index is 11.3. The van der Waals surface area contributed by atoms with Crippen molar-refractivity contribution in [3.05, 3.63) is 23.3 Å². The van der Waals surface area contributed by atoms with Gasteiger partial charge in [0.25, 0.3) is 0 Å². The molecule has 1 heterocycles. The van der Waals surface area contributed by atoms with E-state index in [1.165, 1.54) is 0 Å². The fourth-order valence-electron chi connectivity index (χ4n) is 1.89. The summed E-state index contributed by atoms with van der Waals surface area (Å²) >= 11 is 0. The van der Waals surface area contributed by atoms with Gasteiger partial charge in [0.1, 0.15) is 0 Å². The number of carbonyl (C=O) groups is 1. The first-order valence-electron chi connectivity index (χ1n) is 5.61. The molecule has 0 aromatic heterocycles. The van der Waals surface area contributed by atoms with Crippen LogP contribution in [0.4, 0.5) is 0 Å². The summed E-state index contributed by atoms with van der Waals surface area (Å²) in [6.07, 6.45) is 1.99. The summed E-state index contributed by atoms with van der Waals surface area (Å²) in [5, 5.41) is 0. The van der Waals surface area contributed by atoms with Crippen molar-refractivity contribution in [3.63, 3.8) is 0 Å². The van der Waals surface area contributed by atoms with Gasteiger partial charge in [-0.1, -0.05) is 19.4 Å². The second-order valence-electron chi connectivity index (χ2n) is 4.12. The molecule has 16 heavy (non-hydrogen) atoms. The zero-order valence-corrected chi connectivity index (χ0v) is 9.71. The highest BCUT2D eigenvalue weighted by Gasteiger charge is 2.18. The number of benzene rings is 1. The number of fused-ring (bicyclic) bond motifs is 1. The second kappa shape index (κ2) is 4.56. The van der Waals surface area contributed by atoms with Gasteiger partial charge in [-0.15, -0.1) is 0 Å². The molecule has 0 atom stereocenters. The number of rotatable bonds is 2. The molecule has 0 saturated carbocycles. The smallest absolute Gasteiger partial charge is 0.207 e. The summed E-state index contributed by atoms with van der Waals surface area (Å²) in [6, 6.07) is 4.02. The average Bonchev–Trinajstić information content (AvgIpc) is 2.42. The molecule has 2 rings (SSSR count). The number of Topliss-reactive ketones (excluding diaryl/α,β-unsaturated/α-hetero) is 1. The molecule has 0 saturated heterocycles. The van der Waals surface area contributed by atoms with E-state index in [2.05, 4.69) is 13.0 Å². The summed E-state index contributed by atoms with van der Waals surface area (Å²) in [4.78, 5) is 11.3. The van der Waals surface area contributed by atoms with Crippen LogP contribution in [0, 0.1) is 6.92 Å². The lowest BCUT2D eigenvalue weighted by Gasteiger charge is -2.12. The minimum atomic E-state index is -0.0173. The van der Waals surface area contributed by atoms with E-state index in [-0.39, 0.29) is 19.0 Å². The lowest BCUT2D eigenvalue weighted by atomic mass is 10.1. The highest BCUT2D eigenvalue weighted by molar-refractivity contribution is 5.82. The second-order valence-corrected chi connectivity index (χ2v) is 4.12. The maximum absolute atomic E-state index is 11.3. The Hall–Kier alpha value is -1.51. The van der Waals surface area contributed by atoms with Crippen molar-refractivity contribution in [3.8, 4) is 11.5 Å². The molecule has 3 nitrogen and oxygen atoms in total. The van der Waals surface area contributed by atoms with Gasteiger partial charge in [-0.3, -0.25) is 4.79 Å². The highest BCUT2D eigenvalue weighted by atomic mass is 16.5. The van der Waals surface area contributed by atoms with E-state index >= 15 is 0 Å². The van der Waals surface area contributed by atoms with Crippen molar-refractivity contribution in [1.82, 2.24) is 0 Å². The van der Waals surface area contributed by atoms with Crippen LogP contribution < -0.4 is 9.47 Å². The molecule has 0 aliphatic carbocycles. The Morgan fingerprint density at radius 1 is 1.25 bits per heavy atom. The molecular formula is C13H16O3. The molecule has 1 aliphatic heterocycles. The Kier molecular flexibility index (Phi) is 3.13. The van der Waals surface area contributed by atoms with Crippen LogP contribution in [-0.2, 0) is 11.2 Å². The first kappa shape index (κ1) is 11.0. The number of hydrogen-bond donors (Lipinski definition) is 0. The van der Waals surface area contributed by atoms with Gasteiger partial charge in [0.15, 0.2) is 24.7 Å². The van der Waals surface area contributed by atoms with E-state index in [0.717, 1.165) is 29.7 Å². The van der Waals surface area contributed by atoms with Gasteiger partial charge >= 0.3 is 0 Å². The van der Waals surface area contributed by atoms with Crippen molar-refractivity contribution in [2.24, 2.45) is 0 Å². The molecule has 0 N–H and O–H groups in total. The molecule has 3 heteroatoms. The van der Waals surface area contributed by atoms with Crippen molar-refractivity contribution in [1.29, 1.82) is 0 Å². The summed E-state index contributed by atoms with van der Waals surface area (Å²) in [7, 11) is 0. The first-order valence-corrected chi connectivity index (χ1v) is 5.61. The van der Waals surface area contributed by atoms with Gasteiger partial charge in [0, 0.05) is 0 Å².